The average Bonchev–Trinajstić information content (AvgIpc) is 2.90. The van der Waals surface area contributed by atoms with E-state index in [1.807, 2.05) is 100 Å². The van der Waals surface area contributed by atoms with Gasteiger partial charge in [-0.15, -0.1) is 0 Å². The van der Waals surface area contributed by atoms with E-state index in [0.717, 1.165) is 39.9 Å². The van der Waals surface area contributed by atoms with Gasteiger partial charge in [-0.3, -0.25) is 4.79 Å². The third-order valence-electron chi connectivity index (χ3n) is 6.74. The molecule has 0 atom stereocenters. The molecule has 4 aromatic carbocycles. The Balaban J connectivity index is 0.000000289. The molecule has 0 fully saturated rings. The van der Waals surface area contributed by atoms with Gasteiger partial charge in [0.05, 0.1) is 12.7 Å². The smallest absolute Gasteiger partial charge is 0.343 e. The maximum absolute atomic E-state index is 12.4. The number of methoxy groups -OCH3 is 1. The summed E-state index contributed by atoms with van der Waals surface area (Å²) in [7, 11) is 1.65. The molecule has 0 saturated carbocycles. The molecule has 37 heavy (non-hydrogen) atoms. The van der Waals surface area contributed by atoms with Gasteiger partial charge in [0.1, 0.15) is 17.8 Å². The third-order valence-corrected chi connectivity index (χ3v) is 6.74. The summed E-state index contributed by atoms with van der Waals surface area (Å²) in [4.78, 5) is 22.8. The van der Waals surface area contributed by atoms with Gasteiger partial charge in [0.25, 0.3) is 0 Å². The molecule has 0 aliphatic carbocycles. The fourth-order valence-electron chi connectivity index (χ4n) is 3.96. The summed E-state index contributed by atoms with van der Waals surface area (Å²) in [5, 5.41) is 0. The lowest BCUT2D eigenvalue weighted by Crippen LogP contribution is -2.09. The topological polar surface area (TPSA) is 52.6 Å². The van der Waals surface area contributed by atoms with Crippen LogP contribution in [0.5, 0.6) is 11.5 Å². The molecule has 0 aliphatic heterocycles. The summed E-state index contributed by atoms with van der Waals surface area (Å²) in [5.41, 5.74) is 10.5. The van der Waals surface area contributed by atoms with Crippen LogP contribution in [0, 0.1) is 41.5 Å². The van der Waals surface area contributed by atoms with Crippen LogP contribution < -0.4 is 9.47 Å². The number of rotatable bonds is 5. The van der Waals surface area contributed by atoms with Crippen molar-refractivity contribution in [1.29, 1.82) is 0 Å². The molecule has 190 valence electrons. The molecule has 0 aliphatic rings. The van der Waals surface area contributed by atoms with Crippen LogP contribution in [0.25, 0.3) is 11.1 Å². The van der Waals surface area contributed by atoms with Gasteiger partial charge < -0.3 is 9.47 Å². The predicted molar refractivity (Wildman–Crippen MR) is 150 cm³/mol. The van der Waals surface area contributed by atoms with E-state index in [4.69, 9.17) is 9.47 Å². The molecule has 0 bridgehead atoms. The van der Waals surface area contributed by atoms with Crippen molar-refractivity contribution >= 4 is 12.3 Å². The van der Waals surface area contributed by atoms with Crippen LogP contribution in [0.1, 0.15) is 54.1 Å². The summed E-state index contributed by atoms with van der Waals surface area (Å²) >= 11 is 0. The van der Waals surface area contributed by atoms with Gasteiger partial charge in [0, 0.05) is 5.56 Å². The summed E-state index contributed by atoms with van der Waals surface area (Å²) in [6.45, 7) is 12.2. The van der Waals surface area contributed by atoms with Crippen LogP contribution in [0.2, 0.25) is 0 Å². The highest BCUT2D eigenvalue weighted by molar-refractivity contribution is 5.91. The van der Waals surface area contributed by atoms with E-state index in [-0.39, 0.29) is 5.97 Å². The summed E-state index contributed by atoms with van der Waals surface area (Å²) in [6, 6.07) is 22.9. The Kier molecular flexibility index (Phi) is 9.02. The largest absolute Gasteiger partial charge is 0.497 e. The molecular weight excluding hydrogens is 460 g/mol. The molecule has 0 N–H and O–H groups in total. The number of aldehydes is 1. The van der Waals surface area contributed by atoms with E-state index in [9.17, 15) is 9.59 Å². The van der Waals surface area contributed by atoms with Gasteiger partial charge in [0.15, 0.2) is 0 Å². The number of carbonyl (C=O) groups excluding carboxylic acids is 2. The van der Waals surface area contributed by atoms with Gasteiger partial charge in [-0.1, -0.05) is 24.3 Å². The van der Waals surface area contributed by atoms with Crippen LogP contribution >= 0.6 is 0 Å². The van der Waals surface area contributed by atoms with Crippen molar-refractivity contribution in [1.82, 2.24) is 0 Å². The highest BCUT2D eigenvalue weighted by atomic mass is 16.5. The summed E-state index contributed by atoms with van der Waals surface area (Å²) in [5.74, 6) is 1.01. The first-order valence-electron chi connectivity index (χ1n) is 12.2. The van der Waals surface area contributed by atoms with Crippen molar-refractivity contribution in [3.8, 4) is 22.6 Å². The number of hydrogen-bond acceptors (Lipinski definition) is 4. The number of aryl methyl sites for hydroxylation is 4. The molecule has 0 unspecified atom stereocenters. The second-order valence-corrected chi connectivity index (χ2v) is 9.27. The Bertz CT molecular complexity index is 1350. The number of ether oxygens (including phenoxy) is 2. The summed E-state index contributed by atoms with van der Waals surface area (Å²) in [6.07, 6.45) is 0.888. The van der Waals surface area contributed by atoms with Gasteiger partial charge in [-0.2, -0.15) is 0 Å². The zero-order valence-electron chi connectivity index (χ0n) is 22.6. The molecule has 4 aromatic rings. The molecule has 0 aromatic heterocycles. The van der Waals surface area contributed by atoms with E-state index >= 15 is 0 Å². The Labute approximate surface area is 219 Å². The van der Waals surface area contributed by atoms with Gasteiger partial charge in [0.2, 0.25) is 0 Å². The number of benzene rings is 4. The van der Waals surface area contributed by atoms with Crippen LogP contribution in [0.3, 0.4) is 0 Å². The van der Waals surface area contributed by atoms with E-state index < -0.39 is 0 Å². The number of carbonyl (C=O) groups is 2. The minimum atomic E-state index is -0.339. The minimum absolute atomic E-state index is 0.339. The minimum Gasteiger partial charge on any atom is -0.497 e. The number of esters is 1. The van der Waals surface area contributed by atoms with E-state index in [0.29, 0.717) is 11.3 Å². The Morgan fingerprint density at radius 1 is 0.622 bits per heavy atom. The van der Waals surface area contributed by atoms with Crippen molar-refractivity contribution in [2.45, 2.75) is 41.5 Å². The third kappa shape index (κ3) is 6.95. The lowest BCUT2D eigenvalue weighted by molar-refractivity contribution is 0.0734. The van der Waals surface area contributed by atoms with Crippen molar-refractivity contribution in [2.24, 2.45) is 0 Å². The van der Waals surface area contributed by atoms with Gasteiger partial charge in [-0.05, 0) is 135 Å². The summed E-state index contributed by atoms with van der Waals surface area (Å²) < 4.78 is 10.7. The predicted octanol–water partition coefficient (Wildman–Crippen LogP) is 7.93. The zero-order valence-corrected chi connectivity index (χ0v) is 22.6. The number of hydrogen-bond donors (Lipinski definition) is 0. The van der Waals surface area contributed by atoms with Crippen molar-refractivity contribution in [2.75, 3.05) is 7.11 Å². The normalized spacial score (nSPS) is 10.2. The van der Waals surface area contributed by atoms with E-state index in [1.165, 1.54) is 22.3 Å². The average molecular weight is 495 g/mol. The molecule has 4 heteroatoms. The van der Waals surface area contributed by atoms with Crippen molar-refractivity contribution < 1.29 is 19.1 Å². The lowest BCUT2D eigenvalue weighted by Gasteiger charge is -2.10. The second kappa shape index (κ2) is 12.2. The maximum Gasteiger partial charge on any atom is 0.343 e. The second-order valence-electron chi connectivity index (χ2n) is 9.27. The Morgan fingerprint density at radius 2 is 1.03 bits per heavy atom. The first kappa shape index (κ1) is 27.4. The fourth-order valence-corrected chi connectivity index (χ4v) is 3.96. The van der Waals surface area contributed by atoms with Gasteiger partial charge in [-0.25, -0.2) is 4.79 Å². The zero-order chi connectivity index (χ0) is 27.1. The molecule has 0 radical (unpaired) electrons. The molecule has 0 saturated heterocycles. The van der Waals surface area contributed by atoms with Gasteiger partial charge >= 0.3 is 5.97 Å². The van der Waals surface area contributed by atoms with Crippen LogP contribution in [0.15, 0.2) is 72.8 Å². The van der Waals surface area contributed by atoms with Crippen LogP contribution in [-0.2, 0) is 0 Å². The maximum atomic E-state index is 12.4. The monoisotopic (exact) mass is 494 g/mol. The van der Waals surface area contributed by atoms with E-state index in [2.05, 4.69) is 13.8 Å². The lowest BCUT2D eigenvalue weighted by atomic mass is 10.0. The Morgan fingerprint density at radius 3 is 1.43 bits per heavy atom. The molecule has 4 rings (SSSR count). The molecule has 4 nitrogen and oxygen atoms in total. The van der Waals surface area contributed by atoms with Crippen LogP contribution in [-0.4, -0.2) is 19.4 Å². The van der Waals surface area contributed by atoms with E-state index in [1.54, 1.807) is 7.11 Å². The molecule has 0 heterocycles. The molecule has 0 amide bonds. The molecule has 0 spiro atoms. The quantitative estimate of drug-likeness (QED) is 0.161. The Hall–Kier alpha value is -4.18. The standard InChI is InChI=1S/C23H22O3.C10H12O/c1-15-13-20(14-16(2)17(15)3)23(24)26-22-11-7-19(8-12-22)18-5-9-21(25-4)10-6-18;1-7-4-10(6-11)5-8(2)9(7)3/h5-14H,1-4H3;4-6H,1-3H3. The van der Waals surface area contributed by atoms with Crippen molar-refractivity contribution in [3.05, 3.63) is 117 Å². The highest BCUT2D eigenvalue weighted by Crippen LogP contribution is 2.25. The fraction of sp³-hybridized carbons (Fsp3) is 0.212. The van der Waals surface area contributed by atoms with Crippen molar-refractivity contribution in [3.63, 3.8) is 0 Å². The SMILES string of the molecule is COc1ccc(-c2ccc(OC(=O)c3cc(C)c(C)c(C)c3)cc2)cc1.Cc1cc(C=O)cc(C)c1C. The first-order chi connectivity index (χ1) is 17.6. The van der Waals surface area contributed by atoms with Crippen LogP contribution in [0.4, 0.5) is 0 Å². The highest BCUT2D eigenvalue weighted by Gasteiger charge is 2.11. The molecular formula is C33H34O4. The first-order valence-corrected chi connectivity index (χ1v) is 12.2.